The van der Waals surface area contributed by atoms with Crippen LogP contribution in [0.2, 0.25) is 0 Å². The molecule has 4 rings (SSSR count). The largest absolute Gasteiger partial charge is 0.384 e. The summed E-state index contributed by atoms with van der Waals surface area (Å²) in [5, 5.41) is 4.75. The molecule has 4 nitrogen and oxygen atoms in total. The number of hydrogen-bond acceptors (Lipinski definition) is 5. The number of para-hydroxylation sites is 1. The van der Waals surface area contributed by atoms with Gasteiger partial charge in [0.05, 0.1) is 0 Å². The van der Waals surface area contributed by atoms with Crippen molar-refractivity contribution in [3.63, 3.8) is 0 Å². The molecule has 0 unspecified atom stereocenters. The molecule has 23 heavy (non-hydrogen) atoms. The Labute approximate surface area is 142 Å². The molecule has 3 heterocycles. The van der Waals surface area contributed by atoms with E-state index in [1.165, 1.54) is 33.2 Å². The Hall–Kier alpha value is -1.59. The number of thiazole rings is 1. The predicted molar refractivity (Wildman–Crippen MR) is 97.6 cm³/mol. The van der Waals surface area contributed by atoms with Crippen LogP contribution in [-0.4, -0.2) is 42.6 Å². The van der Waals surface area contributed by atoms with E-state index in [-0.39, 0.29) is 0 Å². The van der Waals surface area contributed by atoms with Crippen LogP contribution < -0.4 is 10.2 Å². The molecular weight excluding hydrogens is 304 g/mol. The number of benzene rings is 1. The Morgan fingerprint density at radius 1 is 1.22 bits per heavy atom. The SMILES string of the molecule is CCc1cnc(N2CCN(Cc3cccc4c3NCC4)CC2)s1. The minimum absolute atomic E-state index is 1.06. The molecule has 2 aliphatic rings. The average molecular weight is 328 g/mol. The lowest BCUT2D eigenvalue weighted by atomic mass is 10.1. The summed E-state index contributed by atoms with van der Waals surface area (Å²) in [6, 6.07) is 6.74. The minimum Gasteiger partial charge on any atom is -0.384 e. The van der Waals surface area contributed by atoms with Gasteiger partial charge in [0.15, 0.2) is 5.13 Å². The fraction of sp³-hybridized carbons (Fsp3) is 0.500. The molecule has 0 saturated carbocycles. The quantitative estimate of drug-likeness (QED) is 0.935. The van der Waals surface area contributed by atoms with Crippen LogP contribution in [0, 0.1) is 0 Å². The van der Waals surface area contributed by atoms with Gasteiger partial charge in [-0.3, -0.25) is 4.90 Å². The van der Waals surface area contributed by atoms with Crippen LogP contribution in [0.4, 0.5) is 10.8 Å². The number of hydrogen-bond donors (Lipinski definition) is 1. The lowest BCUT2D eigenvalue weighted by Crippen LogP contribution is -2.46. The fourth-order valence-electron chi connectivity index (χ4n) is 3.49. The number of nitrogens with one attached hydrogen (secondary N) is 1. The fourth-order valence-corrected chi connectivity index (χ4v) is 4.39. The van der Waals surface area contributed by atoms with Crippen LogP contribution in [0.25, 0.3) is 0 Å². The van der Waals surface area contributed by atoms with Crippen LogP contribution >= 0.6 is 11.3 Å². The van der Waals surface area contributed by atoms with E-state index >= 15 is 0 Å². The van der Waals surface area contributed by atoms with Gasteiger partial charge in [-0.2, -0.15) is 0 Å². The van der Waals surface area contributed by atoms with Gasteiger partial charge in [0.1, 0.15) is 0 Å². The first-order chi connectivity index (χ1) is 11.3. The molecule has 0 radical (unpaired) electrons. The lowest BCUT2D eigenvalue weighted by Gasteiger charge is -2.34. The predicted octanol–water partition coefficient (Wildman–Crippen LogP) is 3.00. The highest BCUT2D eigenvalue weighted by atomic mass is 32.1. The third kappa shape index (κ3) is 3.08. The molecule has 1 aromatic carbocycles. The van der Waals surface area contributed by atoms with E-state index in [1.807, 2.05) is 17.5 Å². The van der Waals surface area contributed by atoms with Crippen LogP contribution in [-0.2, 0) is 19.4 Å². The van der Waals surface area contributed by atoms with Crippen molar-refractivity contribution in [2.24, 2.45) is 0 Å². The summed E-state index contributed by atoms with van der Waals surface area (Å²) in [5.74, 6) is 0. The van der Waals surface area contributed by atoms with Gasteiger partial charge < -0.3 is 10.2 Å². The normalized spacial score (nSPS) is 18.0. The van der Waals surface area contributed by atoms with Crippen LogP contribution in [0.3, 0.4) is 0 Å². The van der Waals surface area contributed by atoms with E-state index in [9.17, 15) is 0 Å². The van der Waals surface area contributed by atoms with Gasteiger partial charge in [-0.25, -0.2) is 4.98 Å². The first-order valence-corrected chi connectivity index (χ1v) is 9.42. The van der Waals surface area contributed by atoms with E-state index < -0.39 is 0 Å². The van der Waals surface area contributed by atoms with Crippen LogP contribution in [0.15, 0.2) is 24.4 Å². The number of anilines is 2. The van der Waals surface area contributed by atoms with Gasteiger partial charge in [0.2, 0.25) is 0 Å². The lowest BCUT2D eigenvalue weighted by molar-refractivity contribution is 0.250. The minimum atomic E-state index is 1.06. The van der Waals surface area contributed by atoms with Crippen molar-refractivity contribution >= 4 is 22.2 Å². The van der Waals surface area contributed by atoms with Gasteiger partial charge >= 0.3 is 0 Å². The standard InChI is InChI=1S/C18H24N4S/c1-2-16-12-20-18(23-16)22-10-8-21(9-11-22)13-15-5-3-4-14-6-7-19-17(14)15/h3-5,12,19H,2,6-11,13H2,1H3. The number of nitrogens with zero attached hydrogens (tertiary/aromatic N) is 3. The Morgan fingerprint density at radius 3 is 2.87 bits per heavy atom. The van der Waals surface area contributed by atoms with Crippen molar-refractivity contribution in [1.82, 2.24) is 9.88 Å². The van der Waals surface area contributed by atoms with Gasteiger partial charge in [-0.05, 0) is 24.0 Å². The van der Waals surface area contributed by atoms with E-state index in [4.69, 9.17) is 0 Å². The topological polar surface area (TPSA) is 31.4 Å². The van der Waals surface area contributed by atoms with E-state index in [1.54, 1.807) is 0 Å². The highest BCUT2D eigenvalue weighted by Gasteiger charge is 2.21. The molecule has 5 heteroatoms. The maximum atomic E-state index is 4.58. The molecule has 1 N–H and O–H groups in total. The zero-order chi connectivity index (χ0) is 15.6. The summed E-state index contributed by atoms with van der Waals surface area (Å²) in [6.45, 7) is 8.74. The molecule has 2 aliphatic heterocycles. The molecule has 1 saturated heterocycles. The Bertz CT molecular complexity index is 673. The third-order valence-electron chi connectivity index (χ3n) is 4.86. The van der Waals surface area contributed by atoms with Gasteiger partial charge in [-0.1, -0.05) is 25.1 Å². The molecular formula is C18H24N4S. The number of aryl methyl sites for hydroxylation is 1. The van der Waals surface area contributed by atoms with E-state index in [0.717, 1.165) is 45.7 Å². The smallest absolute Gasteiger partial charge is 0.185 e. The summed E-state index contributed by atoms with van der Waals surface area (Å²) in [6.07, 6.45) is 4.29. The molecule has 122 valence electrons. The highest BCUT2D eigenvalue weighted by molar-refractivity contribution is 7.15. The van der Waals surface area contributed by atoms with Gasteiger partial charge in [0.25, 0.3) is 0 Å². The Kier molecular flexibility index (Phi) is 4.23. The third-order valence-corrected chi connectivity index (χ3v) is 6.06. The second-order valence-corrected chi connectivity index (χ2v) is 7.45. The number of rotatable bonds is 4. The molecule has 1 fully saturated rings. The molecule has 0 aliphatic carbocycles. The second kappa shape index (κ2) is 6.49. The van der Waals surface area contributed by atoms with Crippen molar-refractivity contribution < 1.29 is 0 Å². The first-order valence-electron chi connectivity index (χ1n) is 8.60. The van der Waals surface area contributed by atoms with Crippen molar-refractivity contribution in [2.75, 3.05) is 42.9 Å². The van der Waals surface area contributed by atoms with Crippen molar-refractivity contribution in [2.45, 2.75) is 26.3 Å². The zero-order valence-electron chi connectivity index (χ0n) is 13.7. The maximum Gasteiger partial charge on any atom is 0.185 e. The molecule has 1 aromatic heterocycles. The number of piperazine rings is 1. The van der Waals surface area contributed by atoms with Crippen molar-refractivity contribution in [1.29, 1.82) is 0 Å². The second-order valence-electron chi connectivity index (χ2n) is 6.35. The summed E-state index contributed by atoms with van der Waals surface area (Å²) < 4.78 is 0. The molecule has 0 atom stereocenters. The summed E-state index contributed by atoms with van der Waals surface area (Å²) in [5.41, 5.74) is 4.33. The van der Waals surface area contributed by atoms with Crippen molar-refractivity contribution in [3.8, 4) is 0 Å². The van der Waals surface area contributed by atoms with Crippen LogP contribution in [0.5, 0.6) is 0 Å². The number of aromatic nitrogens is 1. The van der Waals surface area contributed by atoms with E-state index in [0.29, 0.717) is 0 Å². The average Bonchev–Trinajstić information content (AvgIpc) is 3.25. The van der Waals surface area contributed by atoms with E-state index in [2.05, 4.69) is 45.2 Å². The summed E-state index contributed by atoms with van der Waals surface area (Å²) in [7, 11) is 0. The first kappa shape index (κ1) is 15.0. The molecule has 0 bridgehead atoms. The monoisotopic (exact) mass is 328 g/mol. The van der Waals surface area contributed by atoms with Gasteiger partial charge in [-0.15, -0.1) is 11.3 Å². The maximum absolute atomic E-state index is 4.58. The van der Waals surface area contributed by atoms with Crippen LogP contribution in [0.1, 0.15) is 22.9 Å². The number of fused-ring (bicyclic) bond motifs is 1. The molecule has 0 spiro atoms. The highest BCUT2D eigenvalue weighted by Crippen LogP contribution is 2.28. The van der Waals surface area contributed by atoms with Gasteiger partial charge in [0, 0.05) is 56.0 Å². The summed E-state index contributed by atoms with van der Waals surface area (Å²) in [4.78, 5) is 11.0. The molecule has 2 aromatic rings. The molecule has 0 amide bonds. The summed E-state index contributed by atoms with van der Waals surface area (Å²) >= 11 is 1.85. The zero-order valence-corrected chi connectivity index (χ0v) is 14.5. The van der Waals surface area contributed by atoms with Crippen molar-refractivity contribution in [3.05, 3.63) is 40.4 Å². The Morgan fingerprint density at radius 2 is 2.09 bits per heavy atom. The Balaban J connectivity index is 1.38.